The van der Waals surface area contributed by atoms with Crippen molar-refractivity contribution in [3.05, 3.63) is 39.8 Å². The van der Waals surface area contributed by atoms with Crippen LogP contribution < -0.4 is 0 Å². The summed E-state index contributed by atoms with van der Waals surface area (Å²) in [5.41, 5.74) is 1.39. The lowest BCUT2D eigenvalue weighted by molar-refractivity contribution is 0.981. The van der Waals surface area contributed by atoms with E-state index in [2.05, 4.69) is 36.1 Å². The van der Waals surface area contributed by atoms with Crippen LogP contribution in [0.5, 0.6) is 0 Å². The lowest BCUT2D eigenvalue weighted by atomic mass is 10.3. The first-order chi connectivity index (χ1) is 8.65. The smallest absolute Gasteiger partial charge is 0.188 e. The molecular weight excluding hydrogens is 318 g/mol. The van der Waals surface area contributed by atoms with E-state index in [1.165, 1.54) is 0 Å². The van der Waals surface area contributed by atoms with Gasteiger partial charge >= 0.3 is 0 Å². The largest absolute Gasteiger partial charge is 0.261 e. The van der Waals surface area contributed by atoms with E-state index < -0.39 is 0 Å². The predicted molar refractivity (Wildman–Crippen MR) is 71.5 cm³/mol. The molecule has 3 aromatic heterocycles. The third kappa shape index (κ3) is 1.87. The van der Waals surface area contributed by atoms with Crippen molar-refractivity contribution >= 4 is 33.2 Å². The van der Waals surface area contributed by atoms with Gasteiger partial charge in [-0.25, -0.2) is 4.98 Å². The Hall–Kier alpha value is -1.53. The molecule has 3 aromatic rings. The Bertz CT molecular complexity index is 722. The Morgan fingerprint density at radius 2 is 2.11 bits per heavy atom. The minimum Gasteiger partial charge on any atom is -0.261 e. The van der Waals surface area contributed by atoms with Crippen molar-refractivity contribution in [1.82, 2.24) is 24.6 Å². The fraction of sp³-hybridized carbons (Fsp3) is 0.0909. The SMILES string of the molecule is Cc1nc(Cl)cc2nnc(-c3ccc(Br)cn3)n12. The van der Waals surface area contributed by atoms with Crippen molar-refractivity contribution in [2.45, 2.75) is 6.92 Å². The fourth-order valence-corrected chi connectivity index (χ4v) is 2.18. The summed E-state index contributed by atoms with van der Waals surface area (Å²) >= 11 is 9.23. The molecular formula is C11H7BrClN5. The van der Waals surface area contributed by atoms with E-state index in [0.29, 0.717) is 16.6 Å². The van der Waals surface area contributed by atoms with Crippen LogP contribution in [-0.2, 0) is 0 Å². The average Bonchev–Trinajstić information content (AvgIpc) is 2.74. The molecule has 3 heterocycles. The second-order valence-electron chi connectivity index (χ2n) is 3.70. The maximum atomic E-state index is 5.89. The summed E-state index contributed by atoms with van der Waals surface area (Å²) in [5, 5.41) is 8.61. The number of aryl methyl sites for hydroxylation is 1. The number of hydrogen-bond acceptors (Lipinski definition) is 4. The average molecular weight is 325 g/mol. The lowest BCUT2D eigenvalue weighted by Gasteiger charge is -2.03. The van der Waals surface area contributed by atoms with Crippen LogP contribution in [0.4, 0.5) is 0 Å². The number of fused-ring (bicyclic) bond motifs is 1. The summed E-state index contributed by atoms with van der Waals surface area (Å²) in [6.45, 7) is 1.85. The Kier molecular flexibility index (Phi) is 2.76. The van der Waals surface area contributed by atoms with Gasteiger partial charge in [0.1, 0.15) is 16.7 Å². The van der Waals surface area contributed by atoms with E-state index in [1.54, 1.807) is 12.3 Å². The van der Waals surface area contributed by atoms with Gasteiger partial charge in [0.15, 0.2) is 11.5 Å². The molecule has 90 valence electrons. The molecule has 0 N–H and O–H groups in total. The second kappa shape index (κ2) is 4.29. The van der Waals surface area contributed by atoms with E-state index in [0.717, 1.165) is 16.0 Å². The first kappa shape index (κ1) is 11.6. The molecule has 0 unspecified atom stereocenters. The number of nitrogens with zero attached hydrogens (tertiary/aromatic N) is 5. The number of pyridine rings is 1. The van der Waals surface area contributed by atoms with Gasteiger partial charge in [0.25, 0.3) is 0 Å². The Balaban J connectivity index is 2.27. The van der Waals surface area contributed by atoms with Gasteiger partial charge in [0, 0.05) is 16.7 Å². The van der Waals surface area contributed by atoms with Crippen LogP contribution >= 0.6 is 27.5 Å². The van der Waals surface area contributed by atoms with E-state index in [1.807, 2.05) is 23.5 Å². The molecule has 0 fully saturated rings. The maximum Gasteiger partial charge on any atom is 0.188 e. The summed E-state index contributed by atoms with van der Waals surface area (Å²) in [4.78, 5) is 8.49. The van der Waals surface area contributed by atoms with Gasteiger partial charge in [0.05, 0.1) is 0 Å². The maximum absolute atomic E-state index is 5.89. The van der Waals surface area contributed by atoms with Gasteiger partial charge in [-0.2, -0.15) is 0 Å². The highest BCUT2D eigenvalue weighted by Crippen LogP contribution is 2.20. The number of aromatic nitrogens is 5. The van der Waals surface area contributed by atoms with Crippen molar-refractivity contribution in [3.63, 3.8) is 0 Å². The Labute approximate surface area is 116 Å². The van der Waals surface area contributed by atoms with Gasteiger partial charge in [-0.1, -0.05) is 11.6 Å². The van der Waals surface area contributed by atoms with Crippen molar-refractivity contribution < 1.29 is 0 Å². The third-order valence-electron chi connectivity index (χ3n) is 2.48. The zero-order chi connectivity index (χ0) is 12.7. The molecule has 0 spiro atoms. The van der Waals surface area contributed by atoms with Crippen LogP contribution in [-0.4, -0.2) is 24.6 Å². The zero-order valence-corrected chi connectivity index (χ0v) is 11.6. The number of halogens is 2. The molecule has 0 bridgehead atoms. The first-order valence-electron chi connectivity index (χ1n) is 5.15. The zero-order valence-electron chi connectivity index (χ0n) is 9.30. The molecule has 18 heavy (non-hydrogen) atoms. The van der Waals surface area contributed by atoms with Crippen LogP contribution in [0.3, 0.4) is 0 Å². The Morgan fingerprint density at radius 3 is 2.83 bits per heavy atom. The summed E-state index contributed by atoms with van der Waals surface area (Å²) in [5.74, 6) is 1.38. The van der Waals surface area contributed by atoms with E-state index in [9.17, 15) is 0 Å². The van der Waals surface area contributed by atoms with E-state index in [-0.39, 0.29) is 0 Å². The molecule has 5 nitrogen and oxygen atoms in total. The summed E-state index contributed by atoms with van der Waals surface area (Å²) in [7, 11) is 0. The van der Waals surface area contributed by atoms with Crippen LogP contribution in [0.1, 0.15) is 5.82 Å². The van der Waals surface area contributed by atoms with Crippen molar-refractivity contribution in [2.24, 2.45) is 0 Å². The minimum absolute atomic E-state index is 0.405. The molecule has 0 radical (unpaired) electrons. The normalized spacial score (nSPS) is 11.1. The van der Waals surface area contributed by atoms with E-state index >= 15 is 0 Å². The molecule has 0 saturated heterocycles. The van der Waals surface area contributed by atoms with Crippen molar-refractivity contribution in [1.29, 1.82) is 0 Å². The minimum atomic E-state index is 0.405. The van der Waals surface area contributed by atoms with Gasteiger partial charge < -0.3 is 0 Å². The second-order valence-corrected chi connectivity index (χ2v) is 5.01. The van der Waals surface area contributed by atoms with Crippen LogP contribution in [0.15, 0.2) is 28.9 Å². The molecule has 7 heteroatoms. The number of rotatable bonds is 1. The van der Waals surface area contributed by atoms with Gasteiger partial charge in [-0.05, 0) is 35.0 Å². The highest BCUT2D eigenvalue weighted by Gasteiger charge is 2.12. The molecule has 0 aromatic carbocycles. The molecule has 0 saturated carbocycles. The molecule has 0 aliphatic carbocycles. The molecule has 0 amide bonds. The highest BCUT2D eigenvalue weighted by molar-refractivity contribution is 9.10. The van der Waals surface area contributed by atoms with Crippen molar-refractivity contribution in [3.8, 4) is 11.5 Å². The molecule has 0 aliphatic heterocycles. The highest BCUT2D eigenvalue weighted by atomic mass is 79.9. The molecule has 3 rings (SSSR count). The van der Waals surface area contributed by atoms with Gasteiger partial charge in [0.2, 0.25) is 0 Å². The predicted octanol–water partition coefficient (Wildman–Crippen LogP) is 2.91. The van der Waals surface area contributed by atoms with Crippen LogP contribution in [0.2, 0.25) is 5.15 Å². The third-order valence-corrected chi connectivity index (χ3v) is 3.15. The lowest BCUT2D eigenvalue weighted by Crippen LogP contribution is -1.98. The molecule has 0 atom stereocenters. The summed E-state index contributed by atoms with van der Waals surface area (Å²) < 4.78 is 2.74. The van der Waals surface area contributed by atoms with Gasteiger partial charge in [-0.3, -0.25) is 9.38 Å². The topological polar surface area (TPSA) is 56.0 Å². The van der Waals surface area contributed by atoms with Crippen molar-refractivity contribution in [2.75, 3.05) is 0 Å². The monoisotopic (exact) mass is 323 g/mol. The molecule has 0 aliphatic rings. The summed E-state index contributed by atoms with van der Waals surface area (Å²) in [6.07, 6.45) is 1.72. The standard InChI is InChI=1S/C11H7BrClN5/c1-6-15-9(13)4-10-16-17-11(18(6)10)8-3-2-7(12)5-14-8/h2-5H,1H3. The van der Waals surface area contributed by atoms with Gasteiger partial charge in [-0.15, -0.1) is 10.2 Å². The first-order valence-corrected chi connectivity index (χ1v) is 6.32. The summed E-state index contributed by atoms with van der Waals surface area (Å²) in [6, 6.07) is 5.45. The quantitative estimate of drug-likeness (QED) is 0.646. The fourth-order valence-electron chi connectivity index (χ4n) is 1.73. The van der Waals surface area contributed by atoms with Crippen LogP contribution in [0.25, 0.3) is 17.2 Å². The Morgan fingerprint density at radius 1 is 1.28 bits per heavy atom. The van der Waals surface area contributed by atoms with E-state index in [4.69, 9.17) is 11.6 Å². The van der Waals surface area contributed by atoms with Crippen LogP contribution in [0, 0.1) is 6.92 Å². The number of hydrogen-bond donors (Lipinski definition) is 0.